The Bertz CT molecular complexity index is 3170. The number of aliphatic hydroxyl groups excluding tert-OH is 2. The third kappa shape index (κ3) is 43.3. The van der Waals surface area contributed by atoms with Crippen LogP contribution in [-0.4, -0.2) is 265 Å². The van der Waals surface area contributed by atoms with Gasteiger partial charge >= 0.3 is 0 Å². The van der Waals surface area contributed by atoms with Crippen LogP contribution in [0.5, 0.6) is 0 Å². The Labute approximate surface area is 711 Å². The summed E-state index contributed by atoms with van der Waals surface area (Å²) in [5, 5.41) is 60.2. The van der Waals surface area contributed by atoms with Gasteiger partial charge in [-0.3, -0.25) is 76.7 Å². The Kier molecular flexibility index (Phi) is 57.9. The highest BCUT2D eigenvalue weighted by Gasteiger charge is 2.40. The lowest BCUT2D eigenvalue weighted by molar-refractivity contribution is -0.137. The molecule has 0 spiro atoms. The highest BCUT2D eigenvalue weighted by molar-refractivity contribution is 7.98. The molecule has 41 heteroatoms. The predicted molar refractivity (Wildman–Crippen MR) is 458 cm³/mol. The lowest BCUT2D eigenvalue weighted by Crippen LogP contribution is -2.62. The average Bonchev–Trinajstić information content (AvgIpc) is 0.851. The van der Waals surface area contributed by atoms with E-state index in [1.807, 2.05) is 0 Å². The number of rotatable bonds is 65. The Morgan fingerprint density at radius 3 is 0.832 bits per heavy atom. The van der Waals surface area contributed by atoms with Gasteiger partial charge in [0, 0.05) is 0 Å². The van der Waals surface area contributed by atoms with Crippen molar-refractivity contribution >= 4 is 118 Å². The number of carbonyl (C=O) groups excluding carboxylic acids is 16. The summed E-state index contributed by atoms with van der Waals surface area (Å²) < 4.78 is 0. The summed E-state index contributed by atoms with van der Waals surface area (Å²) in [7, 11) is 0. The highest BCUT2D eigenvalue weighted by atomic mass is 32.2. The van der Waals surface area contributed by atoms with Crippen molar-refractivity contribution in [3.63, 3.8) is 0 Å². The molecule has 39 nitrogen and oxygen atoms in total. The van der Waals surface area contributed by atoms with E-state index in [2.05, 4.69) is 79.8 Å². The number of amides is 16. The minimum Gasteiger partial charge on any atom is -0.394 e. The number of nitrogens with two attached hydrogens (primary N) is 6. The summed E-state index contributed by atoms with van der Waals surface area (Å²) in [5.74, 6) is -14.3. The van der Waals surface area contributed by atoms with Crippen molar-refractivity contribution in [3.05, 3.63) is 0 Å². The number of hydrogen-bond donors (Lipinski definition) is 23. The minimum atomic E-state index is -1.77. The van der Waals surface area contributed by atoms with Crippen molar-refractivity contribution in [1.82, 2.24) is 79.8 Å². The minimum absolute atomic E-state index is 0.000783. The summed E-state index contributed by atoms with van der Waals surface area (Å²) in [6, 6.07) is -19.9. The van der Waals surface area contributed by atoms with Crippen LogP contribution in [0.3, 0.4) is 0 Å². The molecule has 684 valence electrons. The smallest absolute Gasteiger partial charge is 0.245 e. The summed E-state index contributed by atoms with van der Waals surface area (Å²) >= 11 is 2.69. The van der Waals surface area contributed by atoms with E-state index in [1.165, 1.54) is 37.4 Å². The largest absolute Gasteiger partial charge is 0.394 e. The van der Waals surface area contributed by atoms with Gasteiger partial charge in [0.2, 0.25) is 94.5 Å². The number of carbonyl (C=O) groups is 16. The van der Waals surface area contributed by atoms with Gasteiger partial charge in [0.25, 0.3) is 0 Å². The summed E-state index contributed by atoms with van der Waals surface area (Å²) in [4.78, 5) is 222. The monoisotopic (exact) mass is 1730 g/mol. The van der Waals surface area contributed by atoms with E-state index in [1.54, 1.807) is 81.7 Å². The Morgan fingerprint density at radius 1 is 0.286 bits per heavy atom. The fourth-order valence-electron chi connectivity index (χ4n) is 12.2. The van der Waals surface area contributed by atoms with E-state index in [0.717, 1.165) is 0 Å². The van der Waals surface area contributed by atoms with Gasteiger partial charge in [-0.1, -0.05) is 88.5 Å². The molecular weight excluding hydrogens is 1580 g/mol. The molecule has 0 aliphatic carbocycles. The molecule has 0 aromatic carbocycles. The van der Waals surface area contributed by atoms with Gasteiger partial charge in [-0.2, -0.15) is 23.5 Å². The van der Waals surface area contributed by atoms with Crippen molar-refractivity contribution < 1.29 is 86.9 Å². The number of thioether (sulfide) groups is 2. The molecule has 0 saturated heterocycles. The molecule has 16 amide bonds. The number of primary amides is 1. The molecule has 0 aliphatic heterocycles. The zero-order valence-electron chi connectivity index (χ0n) is 72.6. The zero-order chi connectivity index (χ0) is 90.6. The van der Waals surface area contributed by atoms with Gasteiger partial charge in [-0.25, -0.2) is 0 Å². The first-order valence-corrected chi connectivity index (χ1v) is 44.6. The van der Waals surface area contributed by atoms with Crippen molar-refractivity contribution in [3.8, 4) is 0 Å². The van der Waals surface area contributed by atoms with E-state index in [4.69, 9.17) is 34.4 Å². The molecule has 29 N–H and O–H groups in total. The molecule has 0 unspecified atom stereocenters. The summed E-state index contributed by atoms with van der Waals surface area (Å²) in [5.41, 5.74) is 34.2. The summed E-state index contributed by atoms with van der Waals surface area (Å²) in [6.45, 7) is 19.0. The molecule has 0 radical (unpaired) electrons. The first-order chi connectivity index (χ1) is 56.3. The quantitative estimate of drug-likeness (QED) is 0.0258. The van der Waals surface area contributed by atoms with Gasteiger partial charge in [-0.05, 0) is 196 Å². The van der Waals surface area contributed by atoms with Crippen molar-refractivity contribution in [1.29, 1.82) is 0 Å². The fourth-order valence-corrected chi connectivity index (χ4v) is 13.2. The molecule has 0 bridgehead atoms. The maximum Gasteiger partial charge on any atom is 0.245 e. The second kappa shape index (κ2) is 62.1. The Balaban J connectivity index is 6.96. The predicted octanol–water partition coefficient (Wildman–Crippen LogP) is -4.02. The van der Waals surface area contributed by atoms with Gasteiger partial charge in [-0.15, -0.1) is 0 Å². The molecule has 0 fully saturated rings. The summed E-state index contributed by atoms with van der Waals surface area (Å²) in [6.07, 6.45) is 8.36. The maximum absolute atomic E-state index is 14.7. The molecule has 0 aromatic heterocycles. The standard InChI is InChI=1S/C78H147N21O18S2/c1-15-45(8)61(97-60(102)40-83)77(116)92-55(31-37-119-14)70(109)95-59(42-101)75(114)96-58(41-100)74(113)94-57(39-44(6)7)73(112)91-54(30-36-118-13)69(108)90-51(27-19-23-33-80)67(106)89-52(28-20-24-34-81)68(107)93-56(38-43(4)5)72(111)85-48(11)66(105)88-53(29-21-25-35-82)71(110)98-63(47(10)17-3)78(117)99-62(46(9)16-2)76(115)86-49(12)65(104)87-50(64(84)103)26-18-22-32-79/h43-59,61-63,100-101H,15-42,79-83H2,1-14H3,(H2,84,103)(H,85,111)(H,86,115)(H,87,104)(H,88,105)(H,89,106)(H,90,108)(H,91,112)(H,92,116)(H,93,107)(H,94,113)(H,95,109)(H,96,114)(H,97,102)(H,98,110)(H,99,117)/t45-,46-,47-,48-,49-,50-,51-,52-,53-,54-,55-,56-,57-,58-,59-,61-,62-,63-/m0/s1. The van der Waals surface area contributed by atoms with Crippen LogP contribution in [0.2, 0.25) is 0 Å². The second-order valence-corrected chi connectivity index (χ2v) is 33.1. The maximum atomic E-state index is 14.7. The molecule has 0 rings (SSSR count). The van der Waals surface area contributed by atoms with Crippen LogP contribution in [0, 0.1) is 29.6 Å². The normalized spacial score (nSPS) is 15.9. The number of hydrogen-bond acceptors (Lipinski definition) is 25. The first kappa shape index (κ1) is 111. The molecule has 0 heterocycles. The molecule has 0 aliphatic rings. The highest BCUT2D eigenvalue weighted by Crippen LogP contribution is 2.18. The van der Waals surface area contributed by atoms with Crippen molar-refractivity contribution in [2.24, 2.45) is 64.0 Å². The fraction of sp³-hybridized carbons (Fsp3) is 0.795. The van der Waals surface area contributed by atoms with Crippen LogP contribution in [0.15, 0.2) is 0 Å². The second-order valence-electron chi connectivity index (χ2n) is 31.2. The van der Waals surface area contributed by atoms with Gasteiger partial charge < -0.3 is 124 Å². The van der Waals surface area contributed by atoms with Crippen molar-refractivity contribution in [2.75, 3.05) is 70.0 Å². The molecule has 18 atom stereocenters. The third-order valence-electron chi connectivity index (χ3n) is 20.2. The molecule has 0 saturated carbocycles. The van der Waals surface area contributed by atoms with E-state index >= 15 is 0 Å². The average molecular weight is 1730 g/mol. The number of unbranched alkanes of at least 4 members (excludes halogenated alkanes) is 4. The lowest BCUT2D eigenvalue weighted by atomic mass is 9.94. The number of aliphatic hydroxyl groups is 2. The SMILES string of the molecule is CC[C@H](C)[C@H](NC(=O)CN)C(=O)N[C@@H](CCSC)C(=O)N[C@@H](CO)C(=O)N[C@@H](CO)C(=O)N[C@@H](CC(C)C)C(=O)N[C@@H](CCSC)C(=O)N[C@@H](CCCCN)C(=O)N[C@@H](CCCCN)C(=O)N[C@@H](CC(C)C)C(=O)N[C@@H](C)C(=O)N[C@@H](CCCCN)C(=O)N[C@H](C(=O)N[C@H](C(=O)N[C@@H](C)C(=O)N[C@@H](CCCCN)C(N)=O)[C@@H](C)CC)[C@@H](C)CC. The van der Waals surface area contributed by atoms with E-state index < -0.39 is 217 Å². The number of nitrogens with one attached hydrogen (secondary N) is 15. The molecule has 0 aromatic rings. The van der Waals surface area contributed by atoms with Gasteiger partial charge in [0.05, 0.1) is 19.8 Å². The topological polar surface area (TPSA) is 650 Å². The Morgan fingerprint density at radius 2 is 0.521 bits per heavy atom. The van der Waals surface area contributed by atoms with Gasteiger partial charge in [0.1, 0.15) is 90.6 Å². The van der Waals surface area contributed by atoms with E-state index in [9.17, 15) is 86.9 Å². The first-order valence-electron chi connectivity index (χ1n) is 41.8. The van der Waals surface area contributed by atoms with Crippen LogP contribution >= 0.6 is 23.5 Å². The van der Waals surface area contributed by atoms with E-state index in [-0.39, 0.29) is 88.8 Å². The van der Waals surface area contributed by atoms with Gasteiger partial charge in [0.15, 0.2) is 0 Å². The van der Waals surface area contributed by atoms with Crippen LogP contribution in [-0.2, 0) is 76.7 Å². The van der Waals surface area contributed by atoms with E-state index in [0.29, 0.717) is 88.7 Å². The molecular formula is C78H147N21O18S2. The van der Waals surface area contributed by atoms with Crippen LogP contribution < -0.4 is 114 Å². The van der Waals surface area contributed by atoms with Crippen molar-refractivity contribution in [2.45, 2.75) is 296 Å². The van der Waals surface area contributed by atoms with Crippen LogP contribution in [0.25, 0.3) is 0 Å². The molecule has 119 heavy (non-hydrogen) atoms. The zero-order valence-corrected chi connectivity index (χ0v) is 74.2. The third-order valence-corrected chi connectivity index (χ3v) is 21.5. The Hall–Kier alpha value is -8.06. The lowest BCUT2D eigenvalue weighted by Gasteiger charge is -2.31. The van der Waals surface area contributed by atoms with Crippen LogP contribution in [0.1, 0.15) is 205 Å². The van der Waals surface area contributed by atoms with Crippen LogP contribution in [0.4, 0.5) is 0 Å².